The van der Waals surface area contributed by atoms with Crippen molar-refractivity contribution >= 4 is 21.6 Å². The molecule has 2 aliphatic rings. The van der Waals surface area contributed by atoms with Crippen LogP contribution in [0.5, 0.6) is 5.75 Å². The first-order valence-electron chi connectivity index (χ1n) is 5.81. The van der Waals surface area contributed by atoms with Gasteiger partial charge in [-0.1, -0.05) is 22.4 Å². The number of hydrogen-bond donors (Lipinski definition) is 0. The molecule has 1 aliphatic carbocycles. The number of nitrogens with zero attached hydrogens (tertiary/aromatic N) is 1. The first-order valence-corrected chi connectivity index (χ1v) is 6.60. The molecule has 1 heterocycles. The zero-order valence-corrected chi connectivity index (χ0v) is 11.1. The number of benzene rings is 1. The first kappa shape index (κ1) is 10.5. The lowest BCUT2D eigenvalue weighted by Gasteiger charge is -2.57. The third-order valence-electron chi connectivity index (χ3n) is 3.95. The normalized spacial score (nSPS) is 21.5. The molecule has 2 fully saturated rings. The van der Waals surface area contributed by atoms with Crippen LogP contribution in [-0.4, -0.2) is 20.2 Å². The van der Waals surface area contributed by atoms with E-state index in [1.165, 1.54) is 38.0 Å². The molecule has 1 aliphatic heterocycles. The van der Waals surface area contributed by atoms with Gasteiger partial charge in [-0.25, -0.2) is 0 Å². The van der Waals surface area contributed by atoms with E-state index >= 15 is 0 Å². The van der Waals surface area contributed by atoms with Crippen LogP contribution in [0.2, 0.25) is 0 Å². The fourth-order valence-corrected chi connectivity index (χ4v) is 3.19. The lowest BCUT2D eigenvalue weighted by molar-refractivity contribution is 0.0899. The molecule has 1 saturated heterocycles. The zero-order valence-electron chi connectivity index (χ0n) is 9.50. The molecule has 86 valence electrons. The van der Waals surface area contributed by atoms with Crippen molar-refractivity contribution in [2.75, 3.05) is 25.1 Å². The van der Waals surface area contributed by atoms with E-state index in [2.05, 4.69) is 26.9 Å². The maximum Gasteiger partial charge on any atom is 0.142 e. The van der Waals surface area contributed by atoms with Gasteiger partial charge in [-0.15, -0.1) is 0 Å². The number of rotatable bonds is 2. The van der Waals surface area contributed by atoms with Crippen LogP contribution < -0.4 is 9.64 Å². The number of anilines is 1. The van der Waals surface area contributed by atoms with Gasteiger partial charge in [-0.3, -0.25) is 0 Å². The highest BCUT2D eigenvalue weighted by Crippen LogP contribution is 2.51. The molecule has 1 spiro atoms. The van der Waals surface area contributed by atoms with Crippen LogP contribution in [0.25, 0.3) is 0 Å². The maximum absolute atomic E-state index is 5.41. The van der Waals surface area contributed by atoms with Gasteiger partial charge in [0, 0.05) is 23.0 Å². The number of ether oxygens (including phenoxy) is 1. The van der Waals surface area contributed by atoms with Crippen molar-refractivity contribution in [1.82, 2.24) is 0 Å². The molecular formula is C13H16BrNO. The smallest absolute Gasteiger partial charge is 0.142 e. The van der Waals surface area contributed by atoms with Crippen molar-refractivity contribution in [2.24, 2.45) is 5.41 Å². The number of methoxy groups -OCH3 is 1. The van der Waals surface area contributed by atoms with Crippen LogP contribution in [-0.2, 0) is 0 Å². The van der Waals surface area contributed by atoms with Crippen molar-refractivity contribution in [2.45, 2.75) is 19.3 Å². The quantitative estimate of drug-likeness (QED) is 0.823. The molecule has 0 aromatic heterocycles. The molecule has 0 amide bonds. The molecule has 0 radical (unpaired) electrons. The molecular weight excluding hydrogens is 266 g/mol. The second-order valence-electron chi connectivity index (χ2n) is 5.03. The van der Waals surface area contributed by atoms with Crippen LogP contribution in [0.15, 0.2) is 22.7 Å². The highest BCUT2D eigenvalue weighted by atomic mass is 79.9. The Morgan fingerprint density at radius 1 is 1.31 bits per heavy atom. The van der Waals surface area contributed by atoms with Gasteiger partial charge in [-0.05, 0) is 31.0 Å². The van der Waals surface area contributed by atoms with E-state index in [-0.39, 0.29) is 0 Å². The van der Waals surface area contributed by atoms with Gasteiger partial charge in [-0.2, -0.15) is 0 Å². The lowest BCUT2D eigenvalue weighted by atomic mass is 9.63. The standard InChI is InChI=1S/C13H16BrNO/c1-16-12-4-3-10(14)7-11(12)15-8-13(9-15)5-2-6-13/h3-4,7H,2,5-6,8-9H2,1H3. The fourth-order valence-electron chi connectivity index (χ4n) is 2.84. The van der Waals surface area contributed by atoms with Crippen LogP contribution in [0.1, 0.15) is 19.3 Å². The Balaban J connectivity index is 1.81. The Morgan fingerprint density at radius 2 is 2.06 bits per heavy atom. The lowest BCUT2D eigenvalue weighted by Crippen LogP contribution is -2.59. The third-order valence-corrected chi connectivity index (χ3v) is 4.44. The molecule has 0 unspecified atom stereocenters. The van der Waals surface area contributed by atoms with E-state index in [9.17, 15) is 0 Å². The predicted molar refractivity (Wildman–Crippen MR) is 69.2 cm³/mol. The van der Waals surface area contributed by atoms with Crippen molar-refractivity contribution in [3.63, 3.8) is 0 Å². The van der Waals surface area contributed by atoms with Gasteiger partial charge >= 0.3 is 0 Å². The van der Waals surface area contributed by atoms with E-state index in [0.29, 0.717) is 5.41 Å². The Labute approximate surface area is 105 Å². The van der Waals surface area contributed by atoms with E-state index in [4.69, 9.17) is 4.74 Å². The second kappa shape index (κ2) is 3.66. The minimum atomic E-state index is 0.660. The summed E-state index contributed by atoms with van der Waals surface area (Å²) in [4.78, 5) is 2.43. The molecule has 0 atom stereocenters. The van der Waals surface area contributed by atoms with Gasteiger partial charge in [0.05, 0.1) is 12.8 Å². The topological polar surface area (TPSA) is 12.5 Å². The predicted octanol–water partition coefficient (Wildman–Crippen LogP) is 3.45. The minimum Gasteiger partial charge on any atom is -0.495 e. The van der Waals surface area contributed by atoms with Gasteiger partial charge in [0.15, 0.2) is 0 Å². The third kappa shape index (κ3) is 1.53. The van der Waals surface area contributed by atoms with E-state index in [0.717, 1.165) is 10.2 Å². The molecule has 1 saturated carbocycles. The highest BCUT2D eigenvalue weighted by molar-refractivity contribution is 9.10. The van der Waals surface area contributed by atoms with Crippen molar-refractivity contribution in [1.29, 1.82) is 0 Å². The highest BCUT2D eigenvalue weighted by Gasteiger charge is 2.47. The summed E-state index contributed by atoms with van der Waals surface area (Å²) in [6.45, 7) is 2.42. The van der Waals surface area contributed by atoms with Gasteiger partial charge in [0.25, 0.3) is 0 Å². The summed E-state index contributed by atoms with van der Waals surface area (Å²) in [5, 5.41) is 0. The van der Waals surface area contributed by atoms with Gasteiger partial charge in [0.1, 0.15) is 5.75 Å². The largest absolute Gasteiger partial charge is 0.495 e. The fraction of sp³-hybridized carbons (Fsp3) is 0.538. The molecule has 1 aromatic carbocycles. The van der Waals surface area contributed by atoms with Crippen LogP contribution >= 0.6 is 15.9 Å². The minimum absolute atomic E-state index is 0.660. The first-order chi connectivity index (χ1) is 7.72. The Bertz CT molecular complexity index is 406. The summed E-state index contributed by atoms with van der Waals surface area (Å²) < 4.78 is 6.54. The molecule has 2 nitrogen and oxygen atoms in total. The average Bonchev–Trinajstić information content (AvgIpc) is 2.14. The van der Waals surface area contributed by atoms with E-state index < -0.39 is 0 Å². The molecule has 3 heteroatoms. The van der Waals surface area contributed by atoms with Crippen LogP contribution in [0.3, 0.4) is 0 Å². The van der Waals surface area contributed by atoms with Crippen molar-refractivity contribution in [3.05, 3.63) is 22.7 Å². The van der Waals surface area contributed by atoms with Crippen molar-refractivity contribution < 1.29 is 4.74 Å². The Morgan fingerprint density at radius 3 is 2.62 bits per heavy atom. The Hall–Kier alpha value is -0.700. The average molecular weight is 282 g/mol. The molecule has 16 heavy (non-hydrogen) atoms. The monoisotopic (exact) mass is 281 g/mol. The molecule has 1 aromatic rings. The van der Waals surface area contributed by atoms with E-state index in [1.54, 1.807) is 7.11 Å². The van der Waals surface area contributed by atoms with Crippen molar-refractivity contribution in [3.8, 4) is 5.75 Å². The maximum atomic E-state index is 5.41. The molecule has 0 bridgehead atoms. The summed E-state index contributed by atoms with van der Waals surface area (Å²) in [5.74, 6) is 0.984. The Kier molecular flexibility index (Phi) is 2.39. The zero-order chi connectivity index (χ0) is 11.2. The van der Waals surface area contributed by atoms with Gasteiger partial charge in [0.2, 0.25) is 0 Å². The van der Waals surface area contributed by atoms with E-state index in [1.807, 2.05) is 12.1 Å². The van der Waals surface area contributed by atoms with Crippen LogP contribution in [0.4, 0.5) is 5.69 Å². The SMILES string of the molecule is COc1ccc(Br)cc1N1CC2(CCC2)C1. The molecule has 0 N–H and O–H groups in total. The summed E-state index contributed by atoms with van der Waals surface area (Å²) >= 11 is 3.52. The number of halogens is 1. The van der Waals surface area contributed by atoms with Gasteiger partial charge < -0.3 is 9.64 Å². The molecule has 3 rings (SSSR count). The second-order valence-corrected chi connectivity index (χ2v) is 5.94. The summed E-state index contributed by atoms with van der Waals surface area (Å²) in [7, 11) is 1.74. The van der Waals surface area contributed by atoms with Crippen LogP contribution in [0, 0.1) is 5.41 Å². The summed E-state index contributed by atoms with van der Waals surface area (Å²) in [5.41, 5.74) is 1.89. The summed E-state index contributed by atoms with van der Waals surface area (Å²) in [6.07, 6.45) is 4.25. The summed E-state index contributed by atoms with van der Waals surface area (Å²) in [6, 6.07) is 6.22. The number of hydrogen-bond acceptors (Lipinski definition) is 2.